The lowest BCUT2D eigenvalue weighted by Crippen LogP contribution is -2.37. The molecule has 2 fully saturated rings. The number of hydrogen-bond donors (Lipinski definition) is 1. The molecule has 5 nitrogen and oxygen atoms in total. The third-order valence-electron chi connectivity index (χ3n) is 6.18. The smallest absolute Gasteiger partial charge is 0.229 e. The Morgan fingerprint density at radius 3 is 2.22 bits per heavy atom. The largest absolute Gasteiger partial charge is 0.365 e. The van der Waals surface area contributed by atoms with E-state index in [0.29, 0.717) is 0 Å². The molecule has 0 spiro atoms. The van der Waals surface area contributed by atoms with E-state index in [4.69, 9.17) is 4.74 Å². The minimum absolute atomic E-state index is 0.0369. The standard InChI is InChI=1S/C26H29N3O2S/c30-25(21-11-12-21)28-26-27-22(18-32-26)17-29-15-13-23(14-16-29)31-24(19-7-3-1-4-8-19)20-9-5-2-6-10-20/h1-10,18,21,23-24H,11-17H2,(H,27,28,30). The van der Waals surface area contributed by atoms with E-state index in [2.05, 4.69) is 69.1 Å². The summed E-state index contributed by atoms with van der Waals surface area (Å²) in [6.07, 6.45) is 4.23. The van der Waals surface area contributed by atoms with Gasteiger partial charge in [0.15, 0.2) is 5.13 Å². The summed E-state index contributed by atoms with van der Waals surface area (Å²) in [5, 5.41) is 5.74. The number of amides is 1. The minimum Gasteiger partial charge on any atom is -0.365 e. The minimum atomic E-state index is -0.0369. The van der Waals surface area contributed by atoms with E-state index in [9.17, 15) is 4.79 Å². The summed E-state index contributed by atoms with van der Waals surface area (Å²) in [5.41, 5.74) is 3.43. The molecular formula is C26H29N3O2S. The zero-order chi connectivity index (χ0) is 21.8. The summed E-state index contributed by atoms with van der Waals surface area (Å²) in [4.78, 5) is 19.0. The number of carbonyl (C=O) groups excluding carboxylic acids is 1. The van der Waals surface area contributed by atoms with Crippen LogP contribution in [-0.2, 0) is 16.1 Å². The van der Waals surface area contributed by atoms with Gasteiger partial charge in [-0.3, -0.25) is 9.69 Å². The molecule has 1 aromatic heterocycles. The molecule has 166 valence electrons. The van der Waals surface area contributed by atoms with E-state index < -0.39 is 0 Å². The van der Waals surface area contributed by atoms with E-state index in [-0.39, 0.29) is 24.0 Å². The highest BCUT2D eigenvalue weighted by molar-refractivity contribution is 7.13. The molecule has 5 rings (SSSR count). The fraction of sp³-hybridized carbons (Fsp3) is 0.385. The highest BCUT2D eigenvalue weighted by Gasteiger charge is 2.30. The average Bonchev–Trinajstić information content (AvgIpc) is 3.61. The molecule has 32 heavy (non-hydrogen) atoms. The Kier molecular flexibility index (Phi) is 6.62. The molecule has 2 aliphatic rings. The van der Waals surface area contributed by atoms with Gasteiger partial charge in [0.05, 0.1) is 11.8 Å². The quantitative estimate of drug-likeness (QED) is 0.512. The van der Waals surface area contributed by atoms with Crippen LogP contribution in [0.5, 0.6) is 0 Å². The first-order valence-corrected chi connectivity index (χ1v) is 12.4. The van der Waals surface area contributed by atoms with E-state index in [1.54, 1.807) is 0 Å². The number of thiazole rings is 1. The predicted octanol–water partition coefficient (Wildman–Crippen LogP) is 5.26. The average molecular weight is 448 g/mol. The molecule has 1 N–H and O–H groups in total. The van der Waals surface area contributed by atoms with Crippen LogP contribution in [0.4, 0.5) is 5.13 Å². The van der Waals surface area contributed by atoms with Gasteiger partial charge >= 0.3 is 0 Å². The lowest BCUT2D eigenvalue weighted by Gasteiger charge is -2.34. The molecule has 1 aliphatic heterocycles. The monoisotopic (exact) mass is 447 g/mol. The molecule has 1 aliphatic carbocycles. The molecule has 0 radical (unpaired) electrons. The van der Waals surface area contributed by atoms with Gasteiger partial charge in [-0.05, 0) is 36.8 Å². The Morgan fingerprint density at radius 2 is 1.62 bits per heavy atom. The van der Waals surface area contributed by atoms with Crippen molar-refractivity contribution in [1.29, 1.82) is 0 Å². The first kappa shape index (κ1) is 21.3. The first-order valence-electron chi connectivity index (χ1n) is 11.5. The van der Waals surface area contributed by atoms with Gasteiger partial charge in [0.25, 0.3) is 0 Å². The van der Waals surface area contributed by atoms with Crippen LogP contribution < -0.4 is 5.32 Å². The number of rotatable bonds is 8. The lowest BCUT2D eigenvalue weighted by molar-refractivity contribution is -0.117. The van der Waals surface area contributed by atoms with Gasteiger partial charge < -0.3 is 10.1 Å². The number of nitrogens with zero attached hydrogens (tertiary/aromatic N) is 2. The summed E-state index contributed by atoms with van der Waals surface area (Å²) < 4.78 is 6.65. The van der Waals surface area contributed by atoms with Crippen molar-refractivity contribution in [1.82, 2.24) is 9.88 Å². The van der Waals surface area contributed by atoms with E-state index in [1.165, 1.54) is 22.5 Å². The number of aromatic nitrogens is 1. The van der Waals surface area contributed by atoms with Gasteiger partial charge in [-0.2, -0.15) is 0 Å². The van der Waals surface area contributed by atoms with Crippen LogP contribution in [0.15, 0.2) is 66.0 Å². The highest BCUT2D eigenvalue weighted by Crippen LogP contribution is 2.32. The van der Waals surface area contributed by atoms with Crippen LogP contribution in [0.25, 0.3) is 0 Å². The van der Waals surface area contributed by atoms with Crippen molar-refractivity contribution in [3.8, 4) is 0 Å². The van der Waals surface area contributed by atoms with Crippen LogP contribution in [0, 0.1) is 5.92 Å². The maximum absolute atomic E-state index is 11.9. The van der Waals surface area contributed by atoms with Gasteiger partial charge in [0.2, 0.25) is 5.91 Å². The number of carbonyl (C=O) groups is 1. The number of ether oxygens (including phenoxy) is 1. The molecule has 1 saturated carbocycles. The maximum Gasteiger partial charge on any atom is 0.229 e. The molecule has 0 bridgehead atoms. The molecule has 2 heterocycles. The summed E-state index contributed by atoms with van der Waals surface area (Å²) in [6, 6.07) is 21.0. The second-order valence-corrected chi connectivity index (χ2v) is 9.58. The van der Waals surface area contributed by atoms with Crippen molar-refractivity contribution in [3.05, 3.63) is 82.9 Å². The Morgan fingerprint density at radius 1 is 1.00 bits per heavy atom. The Bertz CT molecular complexity index is 972. The predicted molar refractivity (Wildman–Crippen MR) is 128 cm³/mol. The molecule has 1 amide bonds. The van der Waals surface area contributed by atoms with Crippen LogP contribution in [0.1, 0.15) is 48.6 Å². The third-order valence-corrected chi connectivity index (χ3v) is 6.99. The van der Waals surface area contributed by atoms with Gasteiger partial charge in [0, 0.05) is 30.9 Å². The SMILES string of the molecule is O=C(Nc1nc(CN2CCC(OC(c3ccccc3)c3ccccc3)CC2)cs1)C1CC1. The summed E-state index contributed by atoms with van der Waals surface area (Å²) in [5.74, 6) is 0.326. The van der Waals surface area contributed by atoms with Crippen molar-refractivity contribution >= 4 is 22.4 Å². The number of piperidine rings is 1. The topological polar surface area (TPSA) is 54.5 Å². The van der Waals surface area contributed by atoms with Crippen molar-refractivity contribution in [2.24, 2.45) is 5.92 Å². The van der Waals surface area contributed by atoms with Gasteiger partial charge in [-0.15, -0.1) is 11.3 Å². The summed E-state index contributed by atoms with van der Waals surface area (Å²) >= 11 is 1.52. The fourth-order valence-electron chi connectivity index (χ4n) is 4.22. The molecule has 3 aromatic rings. The van der Waals surface area contributed by atoms with Crippen LogP contribution in [-0.4, -0.2) is 35.0 Å². The zero-order valence-electron chi connectivity index (χ0n) is 18.2. The Hall–Kier alpha value is -2.54. The summed E-state index contributed by atoms with van der Waals surface area (Å²) in [7, 11) is 0. The van der Waals surface area contributed by atoms with Gasteiger partial charge in [-0.1, -0.05) is 60.7 Å². The molecular weight excluding hydrogens is 418 g/mol. The van der Waals surface area contributed by atoms with Gasteiger partial charge in [0.1, 0.15) is 6.10 Å². The number of hydrogen-bond acceptors (Lipinski definition) is 5. The van der Waals surface area contributed by atoms with E-state index in [1.807, 2.05) is 12.1 Å². The molecule has 1 saturated heterocycles. The van der Waals surface area contributed by atoms with Crippen molar-refractivity contribution in [3.63, 3.8) is 0 Å². The van der Waals surface area contributed by atoms with Gasteiger partial charge in [-0.25, -0.2) is 4.98 Å². The summed E-state index contributed by atoms with van der Waals surface area (Å²) in [6.45, 7) is 2.80. The molecule has 0 atom stereocenters. The molecule has 2 aromatic carbocycles. The van der Waals surface area contributed by atoms with E-state index >= 15 is 0 Å². The third kappa shape index (κ3) is 5.44. The Balaban J connectivity index is 1.15. The fourth-order valence-corrected chi connectivity index (χ4v) is 4.92. The second-order valence-electron chi connectivity index (χ2n) is 8.72. The molecule has 0 unspecified atom stereocenters. The van der Waals surface area contributed by atoms with Crippen LogP contribution in [0.3, 0.4) is 0 Å². The number of benzene rings is 2. The number of nitrogens with one attached hydrogen (secondary N) is 1. The second kappa shape index (κ2) is 9.94. The van der Waals surface area contributed by atoms with E-state index in [0.717, 1.165) is 56.1 Å². The van der Waals surface area contributed by atoms with Crippen molar-refractivity contribution in [2.75, 3.05) is 18.4 Å². The van der Waals surface area contributed by atoms with Crippen LogP contribution >= 0.6 is 11.3 Å². The zero-order valence-corrected chi connectivity index (χ0v) is 19.0. The van der Waals surface area contributed by atoms with Crippen LogP contribution in [0.2, 0.25) is 0 Å². The van der Waals surface area contributed by atoms with Crippen molar-refractivity contribution in [2.45, 2.75) is 44.4 Å². The number of likely N-dealkylation sites (tertiary alicyclic amines) is 1. The Labute approximate surface area is 193 Å². The highest BCUT2D eigenvalue weighted by atomic mass is 32.1. The molecule has 6 heteroatoms. The maximum atomic E-state index is 11.9. The number of anilines is 1. The first-order chi connectivity index (χ1) is 15.7. The lowest BCUT2D eigenvalue weighted by atomic mass is 10.00. The normalized spacial score (nSPS) is 17.5. The van der Waals surface area contributed by atoms with Crippen molar-refractivity contribution < 1.29 is 9.53 Å².